The molecule has 0 unspecified atom stereocenters. The Morgan fingerprint density at radius 2 is 2.11 bits per heavy atom. The van der Waals surface area contributed by atoms with Crippen molar-refractivity contribution in [2.24, 2.45) is 5.41 Å². The molecule has 0 aromatic carbocycles. The summed E-state index contributed by atoms with van der Waals surface area (Å²) >= 11 is 0. The maximum absolute atomic E-state index is 12.1. The zero-order valence-corrected chi connectivity index (χ0v) is 12.8. The predicted molar refractivity (Wildman–Crippen MR) is 78.8 cm³/mol. The number of rotatable bonds is 3. The summed E-state index contributed by atoms with van der Waals surface area (Å²) in [6.07, 6.45) is 3.83. The van der Waals surface area contributed by atoms with Gasteiger partial charge in [0.2, 0.25) is 0 Å². The number of Topliss-reactive ketones (excluding diaryl/α,β-unsaturated/α-hetero) is 1. The summed E-state index contributed by atoms with van der Waals surface area (Å²) < 4.78 is 0. The summed E-state index contributed by atoms with van der Waals surface area (Å²) in [6, 6.07) is 2.13. The normalized spacial score (nSPS) is 17.4. The Balaban J connectivity index is 2.52. The molecule has 0 atom stereocenters. The highest BCUT2D eigenvalue weighted by Gasteiger charge is 2.28. The van der Waals surface area contributed by atoms with E-state index in [1.54, 1.807) is 0 Å². The smallest absolute Gasteiger partial charge is 0.164 e. The molecule has 0 radical (unpaired) electrons. The molecule has 0 spiro atoms. The summed E-state index contributed by atoms with van der Waals surface area (Å²) in [4.78, 5) is 17.0. The average Bonchev–Trinajstić information content (AvgIpc) is 2.35. The second-order valence-corrected chi connectivity index (χ2v) is 6.80. The molecule has 0 amide bonds. The van der Waals surface area contributed by atoms with Crippen LogP contribution in [0.4, 0.5) is 0 Å². The van der Waals surface area contributed by atoms with Gasteiger partial charge in [-0.25, -0.2) is 0 Å². The van der Waals surface area contributed by atoms with Crippen molar-refractivity contribution in [3.8, 4) is 0 Å². The van der Waals surface area contributed by atoms with Crippen LogP contribution in [0.15, 0.2) is 6.07 Å². The second-order valence-electron chi connectivity index (χ2n) is 6.80. The Bertz CT molecular complexity index is 500. The largest absolute Gasteiger partial charge is 0.294 e. The van der Waals surface area contributed by atoms with Crippen LogP contribution in [0.25, 0.3) is 0 Å². The molecule has 1 heterocycles. The molecular weight excluding hydrogens is 234 g/mol. The lowest BCUT2D eigenvalue weighted by molar-refractivity contribution is 0.0986. The number of aromatic nitrogens is 1. The fourth-order valence-corrected chi connectivity index (χ4v) is 2.89. The number of nitrogens with zero attached hydrogens (tertiary/aromatic N) is 1. The molecule has 104 valence electrons. The zero-order valence-electron chi connectivity index (χ0n) is 12.8. The van der Waals surface area contributed by atoms with Gasteiger partial charge in [0.05, 0.1) is 5.69 Å². The van der Waals surface area contributed by atoms with E-state index in [0.29, 0.717) is 17.8 Å². The van der Waals surface area contributed by atoms with Crippen molar-refractivity contribution in [3.63, 3.8) is 0 Å². The van der Waals surface area contributed by atoms with Crippen molar-refractivity contribution in [1.29, 1.82) is 0 Å². The van der Waals surface area contributed by atoms with Crippen LogP contribution in [0.2, 0.25) is 0 Å². The highest BCUT2D eigenvalue weighted by Crippen LogP contribution is 2.35. The van der Waals surface area contributed by atoms with Crippen LogP contribution in [0.1, 0.15) is 80.7 Å². The maximum atomic E-state index is 12.1. The van der Waals surface area contributed by atoms with Gasteiger partial charge >= 0.3 is 0 Å². The van der Waals surface area contributed by atoms with E-state index in [0.717, 1.165) is 24.1 Å². The number of fused-ring (bicyclic) bond motifs is 1. The van der Waals surface area contributed by atoms with Gasteiger partial charge in [0.15, 0.2) is 5.78 Å². The number of carbonyl (C=O) groups excluding carboxylic acids is 1. The van der Waals surface area contributed by atoms with E-state index in [1.807, 2.05) is 6.92 Å². The average molecular weight is 259 g/mol. The monoisotopic (exact) mass is 259 g/mol. The lowest BCUT2D eigenvalue weighted by Gasteiger charge is -2.31. The summed E-state index contributed by atoms with van der Waals surface area (Å²) in [7, 11) is 0. The van der Waals surface area contributed by atoms with Gasteiger partial charge in [0.1, 0.15) is 0 Å². The third-order valence-corrected chi connectivity index (χ3v) is 4.10. The first-order valence-electron chi connectivity index (χ1n) is 7.40. The van der Waals surface area contributed by atoms with Crippen molar-refractivity contribution in [2.45, 2.75) is 66.2 Å². The topological polar surface area (TPSA) is 30.0 Å². The molecule has 2 rings (SSSR count). The number of hydrogen-bond donors (Lipinski definition) is 0. The number of aryl methyl sites for hydroxylation is 1. The van der Waals surface area contributed by atoms with Crippen molar-refractivity contribution < 1.29 is 4.79 Å². The first-order valence-corrected chi connectivity index (χ1v) is 7.40. The third kappa shape index (κ3) is 2.88. The summed E-state index contributed by atoms with van der Waals surface area (Å²) in [5.74, 6) is 0.535. The minimum absolute atomic E-state index is 0.224. The fourth-order valence-electron chi connectivity index (χ4n) is 2.89. The minimum atomic E-state index is 0.224. The van der Waals surface area contributed by atoms with Crippen molar-refractivity contribution in [1.82, 2.24) is 4.98 Å². The van der Waals surface area contributed by atoms with Crippen molar-refractivity contribution >= 4 is 5.78 Å². The van der Waals surface area contributed by atoms with Crippen LogP contribution in [0.3, 0.4) is 0 Å². The number of pyridine rings is 1. The highest BCUT2D eigenvalue weighted by atomic mass is 16.1. The number of hydrogen-bond acceptors (Lipinski definition) is 2. The molecule has 0 saturated heterocycles. The Labute approximate surface area is 116 Å². The van der Waals surface area contributed by atoms with E-state index < -0.39 is 0 Å². The minimum Gasteiger partial charge on any atom is -0.294 e. The molecule has 1 aromatic rings. The van der Waals surface area contributed by atoms with Crippen LogP contribution in [-0.4, -0.2) is 10.8 Å². The molecule has 0 fully saturated rings. The van der Waals surface area contributed by atoms with Gasteiger partial charge in [-0.3, -0.25) is 9.78 Å². The predicted octanol–water partition coefficient (Wildman–Crippen LogP) is 4.31. The van der Waals surface area contributed by atoms with Gasteiger partial charge in [0, 0.05) is 17.7 Å². The molecule has 1 aliphatic rings. The van der Waals surface area contributed by atoms with E-state index in [2.05, 4.69) is 33.8 Å². The van der Waals surface area contributed by atoms with Crippen molar-refractivity contribution in [3.05, 3.63) is 28.6 Å². The van der Waals surface area contributed by atoms with Crippen LogP contribution < -0.4 is 0 Å². The van der Waals surface area contributed by atoms with Crippen LogP contribution in [-0.2, 0) is 12.8 Å². The molecule has 1 aliphatic carbocycles. The van der Waals surface area contributed by atoms with Crippen LogP contribution in [0, 0.1) is 5.41 Å². The standard InChI is InChI=1S/C17H25NO/c1-6-15(19)13-9-12-10-17(4,5)8-7-14(12)18-16(13)11(2)3/h9,11H,6-8,10H2,1-5H3. The molecular formula is C17H25NO. The second kappa shape index (κ2) is 5.07. The Morgan fingerprint density at radius 3 is 2.68 bits per heavy atom. The zero-order chi connectivity index (χ0) is 14.2. The van der Waals surface area contributed by atoms with E-state index in [4.69, 9.17) is 4.98 Å². The maximum Gasteiger partial charge on any atom is 0.164 e. The van der Waals surface area contributed by atoms with E-state index in [9.17, 15) is 4.79 Å². The molecule has 0 aliphatic heterocycles. The van der Waals surface area contributed by atoms with E-state index in [-0.39, 0.29) is 5.78 Å². The van der Waals surface area contributed by atoms with Gasteiger partial charge in [-0.2, -0.15) is 0 Å². The summed E-state index contributed by atoms with van der Waals surface area (Å²) in [5.41, 5.74) is 4.69. The summed E-state index contributed by atoms with van der Waals surface area (Å²) in [5, 5.41) is 0. The Hall–Kier alpha value is -1.18. The van der Waals surface area contributed by atoms with Gasteiger partial charge in [-0.1, -0.05) is 34.6 Å². The SMILES string of the molecule is CCC(=O)c1cc2c(nc1C(C)C)CCC(C)(C)C2. The van der Waals surface area contributed by atoms with Gasteiger partial charge < -0.3 is 0 Å². The number of ketones is 1. The molecule has 2 heteroatoms. The first-order chi connectivity index (χ1) is 8.84. The van der Waals surface area contributed by atoms with E-state index >= 15 is 0 Å². The van der Waals surface area contributed by atoms with Crippen LogP contribution in [0.5, 0.6) is 0 Å². The van der Waals surface area contributed by atoms with Gasteiger partial charge in [0.25, 0.3) is 0 Å². The Kier molecular flexibility index (Phi) is 3.80. The number of carbonyl (C=O) groups is 1. The molecule has 1 aromatic heterocycles. The molecule has 0 saturated carbocycles. The summed E-state index contributed by atoms with van der Waals surface area (Å²) in [6.45, 7) is 10.8. The molecule has 2 nitrogen and oxygen atoms in total. The molecule has 0 bridgehead atoms. The molecule has 0 N–H and O–H groups in total. The fraction of sp³-hybridized carbons (Fsp3) is 0.647. The van der Waals surface area contributed by atoms with E-state index in [1.165, 1.54) is 17.7 Å². The highest BCUT2D eigenvalue weighted by molar-refractivity contribution is 5.97. The lowest BCUT2D eigenvalue weighted by Crippen LogP contribution is -2.24. The van der Waals surface area contributed by atoms with Gasteiger partial charge in [-0.15, -0.1) is 0 Å². The Morgan fingerprint density at radius 1 is 1.42 bits per heavy atom. The first kappa shape index (κ1) is 14.2. The quantitative estimate of drug-likeness (QED) is 0.757. The van der Waals surface area contributed by atoms with Crippen molar-refractivity contribution in [2.75, 3.05) is 0 Å². The molecule has 19 heavy (non-hydrogen) atoms. The van der Waals surface area contributed by atoms with Crippen LogP contribution >= 0.6 is 0 Å². The lowest BCUT2D eigenvalue weighted by atomic mass is 9.75. The third-order valence-electron chi connectivity index (χ3n) is 4.10. The van der Waals surface area contributed by atoms with Gasteiger partial charge in [-0.05, 0) is 42.2 Å².